The van der Waals surface area contributed by atoms with Crippen LogP contribution in [0.5, 0.6) is 0 Å². The van der Waals surface area contributed by atoms with Crippen LogP contribution in [0.3, 0.4) is 0 Å². The number of aromatic nitrogens is 1. The molecule has 0 spiro atoms. The number of hydrogen-bond donors (Lipinski definition) is 0. The van der Waals surface area contributed by atoms with Crippen molar-refractivity contribution in [1.29, 1.82) is 0 Å². The largest absolute Gasteiger partial charge is 0.348 e. The molecule has 0 bridgehead atoms. The standard InChI is InChI=1S/C21H25Cl2N3O2/c1-4-24(21(28)14(2)3)13-19(27)26-11-10-25-9-5-6-18(25)20(26)15-7-8-16(22)17(23)12-15/h5-9,12,14,20H,4,10-11,13H2,1-3H3. The van der Waals surface area contributed by atoms with E-state index in [0.717, 1.165) is 17.8 Å². The fourth-order valence-corrected chi connectivity index (χ4v) is 3.96. The van der Waals surface area contributed by atoms with E-state index in [1.165, 1.54) is 0 Å². The van der Waals surface area contributed by atoms with Crippen LogP contribution in [-0.2, 0) is 16.1 Å². The predicted molar refractivity (Wildman–Crippen MR) is 112 cm³/mol. The van der Waals surface area contributed by atoms with Crippen LogP contribution in [0.1, 0.15) is 38.1 Å². The molecule has 0 aliphatic carbocycles. The molecule has 3 rings (SSSR count). The molecule has 1 aromatic carbocycles. The molecule has 28 heavy (non-hydrogen) atoms. The quantitative estimate of drug-likeness (QED) is 0.724. The molecule has 1 aliphatic rings. The Morgan fingerprint density at radius 3 is 2.57 bits per heavy atom. The lowest BCUT2D eigenvalue weighted by Crippen LogP contribution is -2.48. The Hall–Kier alpha value is -1.98. The summed E-state index contributed by atoms with van der Waals surface area (Å²) >= 11 is 12.3. The van der Waals surface area contributed by atoms with Crippen molar-refractivity contribution in [2.24, 2.45) is 5.92 Å². The molecule has 1 unspecified atom stereocenters. The highest BCUT2D eigenvalue weighted by atomic mass is 35.5. The molecule has 7 heteroatoms. The van der Waals surface area contributed by atoms with Crippen molar-refractivity contribution < 1.29 is 9.59 Å². The van der Waals surface area contributed by atoms with Gasteiger partial charge in [0.2, 0.25) is 11.8 Å². The van der Waals surface area contributed by atoms with Crippen LogP contribution < -0.4 is 0 Å². The van der Waals surface area contributed by atoms with Crippen LogP contribution in [0.15, 0.2) is 36.5 Å². The number of amides is 2. The van der Waals surface area contributed by atoms with Gasteiger partial charge in [0, 0.05) is 37.4 Å². The average molecular weight is 422 g/mol. The number of halogens is 2. The zero-order valence-electron chi connectivity index (χ0n) is 16.4. The Bertz CT molecular complexity index is 878. The Morgan fingerprint density at radius 2 is 1.93 bits per heavy atom. The Labute approximate surface area is 175 Å². The highest BCUT2D eigenvalue weighted by molar-refractivity contribution is 6.42. The number of carbonyl (C=O) groups is 2. The minimum Gasteiger partial charge on any atom is -0.348 e. The van der Waals surface area contributed by atoms with Crippen LogP contribution in [0.2, 0.25) is 10.0 Å². The number of carbonyl (C=O) groups excluding carboxylic acids is 2. The van der Waals surface area contributed by atoms with Gasteiger partial charge < -0.3 is 14.4 Å². The molecule has 0 N–H and O–H groups in total. The van der Waals surface area contributed by atoms with Gasteiger partial charge in [-0.1, -0.05) is 43.1 Å². The fourth-order valence-electron chi connectivity index (χ4n) is 3.65. The van der Waals surface area contributed by atoms with Crippen LogP contribution >= 0.6 is 23.2 Å². The summed E-state index contributed by atoms with van der Waals surface area (Å²) in [4.78, 5) is 29.1. The summed E-state index contributed by atoms with van der Waals surface area (Å²) in [7, 11) is 0. The van der Waals surface area contributed by atoms with Gasteiger partial charge in [-0.25, -0.2) is 0 Å². The molecule has 1 aromatic heterocycles. The predicted octanol–water partition coefficient (Wildman–Crippen LogP) is 4.23. The number of likely N-dealkylation sites (N-methyl/N-ethyl adjacent to an activating group) is 1. The van der Waals surface area contributed by atoms with Crippen LogP contribution in [0.4, 0.5) is 0 Å². The highest BCUT2D eigenvalue weighted by Gasteiger charge is 2.33. The first kappa shape index (κ1) is 20.7. The highest BCUT2D eigenvalue weighted by Crippen LogP contribution is 2.35. The summed E-state index contributed by atoms with van der Waals surface area (Å²) < 4.78 is 2.15. The third kappa shape index (κ3) is 4.06. The van der Waals surface area contributed by atoms with Gasteiger partial charge >= 0.3 is 0 Å². The van der Waals surface area contributed by atoms with Crippen molar-refractivity contribution in [3.8, 4) is 0 Å². The van der Waals surface area contributed by atoms with E-state index in [1.807, 2.05) is 56.1 Å². The third-order valence-corrected chi connectivity index (χ3v) is 5.87. The lowest BCUT2D eigenvalue weighted by molar-refractivity contribution is -0.143. The second kappa shape index (κ2) is 8.58. The summed E-state index contributed by atoms with van der Waals surface area (Å²) in [6.07, 6.45) is 2.02. The normalized spacial score (nSPS) is 16.2. The zero-order valence-corrected chi connectivity index (χ0v) is 17.9. The first-order valence-electron chi connectivity index (χ1n) is 9.51. The van der Waals surface area contributed by atoms with E-state index in [9.17, 15) is 9.59 Å². The molecule has 0 saturated carbocycles. The van der Waals surface area contributed by atoms with Crippen molar-refractivity contribution >= 4 is 35.0 Å². The van der Waals surface area contributed by atoms with Crippen molar-refractivity contribution in [1.82, 2.24) is 14.4 Å². The van der Waals surface area contributed by atoms with E-state index >= 15 is 0 Å². The first-order chi connectivity index (χ1) is 13.3. The summed E-state index contributed by atoms with van der Waals surface area (Å²) in [5, 5.41) is 0.939. The molecular formula is C21H25Cl2N3O2. The SMILES string of the molecule is CCN(CC(=O)N1CCn2cccc2C1c1ccc(Cl)c(Cl)c1)C(=O)C(C)C. The molecule has 2 aromatic rings. The molecule has 2 heterocycles. The number of nitrogens with zero attached hydrogens (tertiary/aromatic N) is 3. The summed E-state index contributed by atoms with van der Waals surface area (Å²) in [5.41, 5.74) is 1.93. The summed E-state index contributed by atoms with van der Waals surface area (Å²) in [6.45, 7) is 7.46. The van der Waals surface area contributed by atoms with Crippen LogP contribution in [-0.4, -0.2) is 45.8 Å². The number of fused-ring (bicyclic) bond motifs is 1. The van der Waals surface area contributed by atoms with Gasteiger partial charge in [-0.15, -0.1) is 0 Å². The first-order valence-corrected chi connectivity index (χ1v) is 10.3. The maximum atomic E-state index is 13.2. The van der Waals surface area contributed by atoms with Gasteiger partial charge in [0.1, 0.15) is 0 Å². The van der Waals surface area contributed by atoms with E-state index < -0.39 is 0 Å². The molecule has 0 fully saturated rings. The molecule has 0 radical (unpaired) electrons. The van der Waals surface area contributed by atoms with Gasteiger partial charge in [0.15, 0.2) is 0 Å². The Balaban J connectivity index is 1.93. The second-order valence-electron chi connectivity index (χ2n) is 7.30. The van der Waals surface area contributed by atoms with Crippen LogP contribution in [0, 0.1) is 5.92 Å². The van der Waals surface area contributed by atoms with E-state index in [1.54, 1.807) is 11.0 Å². The number of rotatable bonds is 5. The van der Waals surface area contributed by atoms with Gasteiger partial charge in [0.05, 0.1) is 22.6 Å². The van der Waals surface area contributed by atoms with E-state index in [2.05, 4.69) is 4.57 Å². The van der Waals surface area contributed by atoms with Gasteiger partial charge in [-0.2, -0.15) is 0 Å². The molecule has 1 aliphatic heterocycles. The second-order valence-corrected chi connectivity index (χ2v) is 8.11. The van der Waals surface area contributed by atoms with E-state index in [-0.39, 0.29) is 30.3 Å². The minimum absolute atomic E-state index is 0.0117. The number of hydrogen-bond acceptors (Lipinski definition) is 2. The van der Waals surface area contributed by atoms with E-state index in [0.29, 0.717) is 23.1 Å². The van der Waals surface area contributed by atoms with Gasteiger partial charge in [-0.05, 0) is 36.8 Å². The number of benzene rings is 1. The maximum absolute atomic E-state index is 13.2. The van der Waals surface area contributed by atoms with E-state index in [4.69, 9.17) is 23.2 Å². The smallest absolute Gasteiger partial charge is 0.243 e. The van der Waals surface area contributed by atoms with Gasteiger partial charge in [0.25, 0.3) is 0 Å². The van der Waals surface area contributed by atoms with Crippen molar-refractivity contribution in [2.45, 2.75) is 33.4 Å². The average Bonchev–Trinajstić information content (AvgIpc) is 3.15. The topological polar surface area (TPSA) is 45.6 Å². The van der Waals surface area contributed by atoms with Crippen LogP contribution in [0.25, 0.3) is 0 Å². The molecular weight excluding hydrogens is 397 g/mol. The third-order valence-electron chi connectivity index (χ3n) is 5.13. The minimum atomic E-state index is -0.265. The monoisotopic (exact) mass is 421 g/mol. The molecule has 1 atom stereocenters. The van der Waals surface area contributed by atoms with Crippen molar-refractivity contribution in [3.63, 3.8) is 0 Å². The summed E-state index contributed by atoms with van der Waals surface area (Å²) in [5.74, 6) is -0.223. The molecule has 150 valence electrons. The maximum Gasteiger partial charge on any atom is 0.243 e. The lowest BCUT2D eigenvalue weighted by atomic mass is 9.99. The molecule has 2 amide bonds. The summed E-state index contributed by atoms with van der Waals surface area (Å²) in [6, 6.07) is 9.20. The Kier molecular flexibility index (Phi) is 6.36. The van der Waals surface area contributed by atoms with Crippen molar-refractivity contribution in [2.75, 3.05) is 19.6 Å². The molecule has 0 saturated heterocycles. The van der Waals surface area contributed by atoms with Gasteiger partial charge in [-0.3, -0.25) is 9.59 Å². The molecule has 5 nitrogen and oxygen atoms in total. The zero-order chi connectivity index (χ0) is 20.4. The lowest BCUT2D eigenvalue weighted by Gasteiger charge is -2.38. The fraction of sp³-hybridized carbons (Fsp3) is 0.429. The Morgan fingerprint density at radius 1 is 1.18 bits per heavy atom. The van der Waals surface area contributed by atoms with Crippen molar-refractivity contribution in [3.05, 3.63) is 57.8 Å².